The van der Waals surface area contributed by atoms with Gasteiger partial charge in [0.2, 0.25) is 0 Å². The topological polar surface area (TPSA) is 69.4 Å². The lowest BCUT2D eigenvalue weighted by Crippen LogP contribution is -2.09. The van der Waals surface area contributed by atoms with E-state index in [1.807, 2.05) is 25.1 Å². The molecule has 23 heavy (non-hydrogen) atoms. The van der Waals surface area contributed by atoms with Crippen molar-refractivity contribution >= 4 is 5.82 Å². The Bertz CT molecular complexity index is 716. The van der Waals surface area contributed by atoms with Crippen molar-refractivity contribution in [1.82, 2.24) is 4.98 Å². The third-order valence-electron chi connectivity index (χ3n) is 4.33. The Labute approximate surface area is 136 Å². The number of nitrogens with one attached hydrogen (secondary N) is 1. The molecule has 1 aromatic carbocycles. The van der Waals surface area contributed by atoms with Crippen LogP contribution >= 0.6 is 0 Å². The Morgan fingerprint density at radius 1 is 1.26 bits per heavy atom. The predicted octanol–water partition coefficient (Wildman–Crippen LogP) is 2.97. The van der Waals surface area contributed by atoms with Gasteiger partial charge < -0.3 is 20.5 Å². The second-order valence-corrected chi connectivity index (χ2v) is 5.86. The fourth-order valence-electron chi connectivity index (χ4n) is 3.10. The van der Waals surface area contributed by atoms with Crippen LogP contribution in [0.25, 0.3) is 0 Å². The van der Waals surface area contributed by atoms with Gasteiger partial charge in [0.25, 0.3) is 0 Å². The summed E-state index contributed by atoms with van der Waals surface area (Å²) >= 11 is 0. The van der Waals surface area contributed by atoms with E-state index in [2.05, 4.69) is 16.4 Å². The average molecular weight is 313 g/mol. The largest absolute Gasteiger partial charge is 0.497 e. The third kappa shape index (κ3) is 3.10. The van der Waals surface area contributed by atoms with Crippen LogP contribution in [0.4, 0.5) is 5.82 Å². The van der Waals surface area contributed by atoms with E-state index >= 15 is 0 Å². The Kier molecular flexibility index (Phi) is 4.39. The lowest BCUT2D eigenvalue weighted by Gasteiger charge is -2.15. The van der Waals surface area contributed by atoms with Gasteiger partial charge >= 0.3 is 0 Å². The van der Waals surface area contributed by atoms with Gasteiger partial charge in [-0.25, -0.2) is 4.98 Å². The molecule has 1 unspecified atom stereocenters. The van der Waals surface area contributed by atoms with Gasteiger partial charge in [0.05, 0.1) is 14.2 Å². The molecule has 0 bridgehead atoms. The van der Waals surface area contributed by atoms with Crippen molar-refractivity contribution in [1.29, 1.82) is 0 Å². The van der Waals surface area contributed by atoms with Crippen LogP contribution in [0, 0.1) is 6.92 Å². The average Bonchev–Trinajstić information content (AvgIpc) is 2.93. The van der Waals surface area contributed by atoms with Gasteiger partial charge in [-0.05, 0) is 49.1 Å². The fraction of sp³-hybridized carbons (Fsp3) is 0.389. The van der Waals surface area contributed by atoms with Gasteiger partial charge in [-0.15, -0.1) is 0 Å². The van der Waals surface area contributed by atoms with Crippen molar-refractivity contribution < 1.29 is 9.47 Å². The molecule has 3 N–H and O–H groups in total. The number of nitrogens with two attached hydrogens (primary N) is 1. The van der Waals surface area contributed by atoms with Crippen LogP contribution in [0.1, 0.15) is 34.8 Å². The lowest BCUT2D eigenvalue weighted by atomic mass is 10.1. The first-order chi connectivity index (χ1) is 11.1. The number of methoxy groups -OCH3 is 2. The molecular weight excluding hydrogens is 290 g/mol. The summed E-state index contributed by atoms with van der Waals surface area (Å²) in [6, 6.07) is 8.06. The Morgan fingerprint density at radius 3 is 2.83 bits per heavy atom. The smallest absolute Gasteiger partial charge is 0.130 e. The fourth-order valence-corrected chi connectivity index (χ4v) is 3.10. The quantitative estimate of drug-likeness (QED) is 0.888. The van der Waals surface area contributed by atoms with E-state index in [0.29, 0.717) is 6.54 Å². The summed E-state index contributed by atoms with van der Waals surface area (Å²) in [5.74, 6) is 2.52. The van der Waals surface area contributed by atoms with Gasteiger partial charge in [0.15, 0.2) is 0 Å². The van der Waals surface area contributed by atoms with Crippen molar-refractivity contribution in [2.24, 2.45) is 5.73 Å². The molecule has 3 rings (SSSR count). The number of hydrogen-bond acceptors (Lipinski definition) is 5. The number of pyridine rings is 1. The molecule has 5 nitrogen and oxygen atoms in total. The molecule has 1 aromatic heterocycles. The highest BCUT2D eigenvalue weighted by Gasteiger charge is 2.23. The van der Waals surface area contributed by atoms with Crippen LogP contribution < -0.4 is 20.5 Å². The highest BCUT2D eigenvalue weighted by molar-refractivity contribution is 5.54. The van der Waals surface area contributed by atoms with Gasteiger partial charge in [-0.2, -0.15) is 0 Å². The van der Waals surface area contributed by atoms with Gasteiger partial charge in [-0.3, -0.25) is 0 Å². The molecule has 0 aliphatic heterocycles. The number of ether oxygens (including phenoxy) is 2. The molecule has 0 saturated heterocycles. The number of aryl methyl sites for hydroxylation is 1. The Hall–Kier alpha value is -2.27. The van der Waals surface area contributed by atoms with Crippen LogP contribution in [0.2, 0.25) is 0 Å². The van der Waals surface area contributed by atoms with Crippen molar-refractivity contribution in [3.63, 3.8) is 0 Å². The maximum Gasteiger partial charge on any atom is 0.130 e. The minimum atomic E-state index is 0.128. The number of nitrogens with zero attached hydrogens (tertiary/aromatic N) is 1. The molecule has 0 radical (unpaired) electrons. The number of rotatable bonds is 5. The van der Waals surface area contributed by atoms with Gasteiger partial charge in [0, 0.05) is 29.9 Å². The second kappa shape index (κ2) is 6.46. The van der Waals surface area contributed by atoms with Crippen molar-refractivity contribution in [2.45, 2.75) is 32.4 Å². The summed E-state index contributed by atoms with van der Waals surface area (Å²) in [5, 5.41) is 3.45. The molecular formula is C18H23N3O2. The van der Waals surface area contributed by atoms with Crippen LogP contribution in [0.15, 0.2) is 24.3 Å². The monoisotopic (exact) mass is 313 g/mol. The van der Waals surface area contributed by atoms with Crippen molar-refractivity contribution in [3.05, 3.63) is 46.6 Å². The molecule has 0 spiro atoms. The number of hydrogen-bond donors (Lipinski definition) is 2. The van der Waals surface area contributed by atoms with Crippen LogP contribution in [-0.4, -0.2) is 19.2 Å². The summed E-state index contributed by atoms with van der Waals surface area (Å²) in [6.07, 6.45) is 1.97. The van der Waals surface area contributed by atoms with Crippen molar-refractivity contribution in [2.75, 3.05) is 19.5 Å². The van der Waals surface area contributed by atoms with E-state index in [-0.39, 0.29) is 6.04 Å². The summed E-state index contributed by atoms with van der Waals surface area (Å²) in [5.41, 5.74) is 10.7. The highest BCUT2D eigenvalue weighted by atomic mass is 16.5. The molecule has 0 saturated carbocycles. The number of benzene rings is 1. The summed E-state index contributed by atoms with van der Waals surface area (Å²) in [6.45, 7) is 2.65. The molecule has 2 aromatic rings. The summed E-state index contributed by atoms with van der Waals surface area (Å²) < 4.78 is 10.7. The highest BCUT2D eigenvalue weighted by Crippen LogP contribution is 2.34. The van der Waals surface area contributed by atoms with E-state index in [4.69, 9.17) is 15.2 Å². The number of fused-ring (bicyclic) bond motifs is 1. The normalized spacial score (nSPS) is 16.1. The second-order valence-electron chi connectivity index (χ2n) is 5.86. The zero-order valence-electron chi connectivity index (χ0n) is 13.8. The van der Waals surface area contributed by atoms with Crippen LogP contribution in [0.3, 0.4) is 0 Å². The first kappa shape index (κ1) is 15.6. The maximum atomic E-state index is 6.18. The molecule has 0 fully saturated rings. The standard InChI is InChI=1S/C18H23N3O2/c1-11-8-15-14(6-7-16(15)19)18(21-11)20-10-12-4-5-13(22-2)9-17(12)23-3/h4-5,8-9,16H,6-7,10,19H2,1-3H3,(H,20,21). The Balaban J connectivity index is 1.83. The van der Waals surface area contributed by atoms with E-state index in [9.17, 15) is 0 Å². The molecule has 1 atom stereocenters. The van der Waals surface area contributed by atoms with E-state index in [0.717, 1.165) is 41.4 Å². The van der Waals surface area contributed by atoms with E-state index in [1.165, 1.54) is 11.1 Å². The molecule has 1 aliphatic rings. The zero-order valence-corrected chi connectivity index (χ0v) is 13.8. The van der Waals surface area contributed by atoms with Crippen LogP contribution in [-0.2, 0) is 13.0 Å². The Morgan fingerprint density at radius 2 is 2.09 bits per heavy atom. The molecule has 1 aliphatic carbocycles. The number of anilines is 1. The molecule has 5 heteroatoms. The predicted molar refractivity (Wildman–Crippen MR) is 91.1 cm³/mol. The summed E-state index contributed by atoms with van der Waals surface area (Å²) in [7, 11) is 3.32. The minimum absolute atomic E-state index is 0.128. The van der Waals surface area contributed by atoms with Crippen LogP contribution in [0.5, 0.6) is 11.5 Å². The molecule has 0 amide bonds. The van der Waals surface area contributed by atoms with Crippen molar-refractivity contribution in [3.8, 4) is 11.5 Å². The lowest BCUT2D eigenvalue weighted by molar-refractivity contribution is 0.391. The maximum absolute atomic E-state index is 6.18. The van der Waals surface area contributed by atoms with E-state index < -0.39 is 0 Å². The minimum Gasteiger partial charge on any atom is -0.497 e. The zero-order chi connectivity index (χ0) is 16.4. The van der Waals surface area contributed by atoms with Gasteiger partial charge in [0.1, 0.15) is 17.3 Å². The van der Waals surface area contributed by atoms with Gasteiger partial charge in [-0.1, -0.05) is 0 Å². The van der Waals surface area contributed by atoms with E-state index in [1.54, 1.807) is 14.2 Å². The molecule has 122 valence electrons. The first-order valence-electron chi connectivity index (χ1n) is 7.83. The third-order valence-corrected chi connectivity index (χ3v) is 4.33. The summed E-state index contributed by atoms with van der Waals surface area (Å²) in [4.78, 5) is 4.65. The number of aromatic nitrogens is 1. The first-order valence-corrected chi connectivity index (χ1v) is 7.83. The molecule has 1 heterocycles. The SMILES string of the molecule is COc1ccc(CNc2nc(C)cc3c2CCC3N)c(OC)c1.